The Morgan fingerprint density at radius 3 is 2.72 bits per heavy atom. The molecule has 7 heteroatoms. The van der Waals surface area contributed by atoms with Gasteiger partial charge in [-0.2, -0.15) is 0 Å². The lowest BCUT2D eigenvalue weighted by molar-refractivity contribution is -0.118. The molecule has 130 valence electrons. The molecule has 0 atom stereocenters. The second-order valence-electron chi connectivity index (χ2n) is 5.33. The van der Waals surface area contributed by atoms with Crippen LogP contribution in [0.15, 0.2) is 36.4 Å². The summed E-state index contributed by atoms with van der Waals surface area (Å²) in [5.74, 6) is 1.12. The molecule has 0 aliphatic carbocycles. The second-order valence-corrected chi connectivity index (χ2v) is 6.77. The Morgan fingerprint density at radius 2 is 1.96 bits per heavy atom. The maximum absolute atomic E-state index is 12.1. The molecule has 25 heavy (non-hydrogen) atoms. The van der Waals surface area contributed by atoms with Crippen LogP contribution in [0.25, 0.3) is 10.2 Å². The number of aromatic nitrogens is 1. The predicted octanol–water partition coefficient (Wildman–Crippen LogP) is 4.67. The number of thiazole rings is 1. The summed E-state index contributed by atoms with van der Waals surface area (Å²) < 4.78 is 11.9. The van der Waals surface area contributed by atoms with Crippen LogP contribution in [0.4, 0.5) is 5.13 Å². The van der Waals surface area contributed by atoms with E-state index in [2.05, 4.69) is 10.3 Å². The number of halogens is 1. The average Bonchev–Trinajstić information content (AvgIpc) is 2.97. The Morgan fingerprint density at radius 1 is 1.20 bits per heavy atom. The van der Waals surface area contributed by atoms with Gasteiger partial charge in [-0.1, -0.05) is 22.9 Å². The van der Waals surface area contributed by atoms with Gasteiger partial charge in [-0.25, -0.2) is 4.98 Å². The first-order valence-corrected chi connectivity index (χ1v) is 8.97. The van der Waals surface area contributed by atoms with E-state index in [9.17, 15) is 4.79 Å². The minimum Gasteiger partial charge on any atom is -0.494 e. The molecule has 5 nitrogen and oxygen atoms in total. The Labute approximate surface area is 154 Å². The molecule has 0 aliphatic rings. The van der Waals surface area contributed by atoms with Crippen LogP contribution >= 0.6 is 22.9 Å². The standard InChI is InChI=1S/C18H17ClN2O3S/c1-3-23-13-5-7-15-16(9-13)25-18(20-15)21-17(22)10-24-12-4-6-14(19)11(2)8-12/h4-9H,3,10H2,1-2H3,(H,20,21,22). The first kappa shape index (κ1) is 17.5. The van der Waals surface area contributed by atoms with Crippen molar-refractivity contribution in [2.75, 3.05) is 18.5 Å². The van der Waals surface area contributed by atoms with E-state index in [4.69, 9.17) is 21.1 Å². The molecule has 2 aromatic carbocycles. The van der Waals surface area contributed by atoms with Crippen LogP contribution in [0, 0.1) is 6.92 Å². The van der Waals surface area contributed by atoms with Crippen molar-refractivity contribution >= 4 is 44.2 Å². The number of nitrogens with zero attached hydrogens (tertiary/aromatic N) is 1. The zero-order valence-electron chi connectivity index (χ0n) is 13.8. The molecular weight excluding hydrogens is 360 g/mol. The summed E-state index contributed by atoms with van der Waals surface area (Å²) in [5.41, 5.74) is 1.72. The number of amides is 1. The van der Waals surface area contributed by atoms with Gasteiger partial charge >= 0.3 is 0 Å². The van der Waals surface area contributed by atoms with Gasteiger partial charge in [0.2, 0.25) is 0 Å². The largest absolute Gasteiger partial charge is 0.494 e. The van der Waals surface area contributed by atoms with Crippen molar-refractivity contribution in [1.29, 1.82) is 0 Å². The van der Waals surface area contributed by atoms with Crippen LogP contribution in [0.1, 0.15) is 12.5 Å². The highest BCUT2D eigenvalue weighted by atomic mass is 35.5. The lowest BCUT2D eigenvalue weighted by Crippen LogP contribution is -2.20. The SMILES string of the molecule is CCOc1ccc2nc(NC(=O)COc3ccc(Cl)c(C)c3)sc2c1. The Balaban J connectivity index is 1.62. The molecule has 0 saturated heterocycles. The summed E-state index contributed by atoms with van der Waals surface area (Å²) in [5, 5.41) is 3.95. The van der Waals surface area contributed by atoms with Gasteiger partial charge in [0.25, 0.3) is 5.91 Å². The highest BCUT2D eigenvalue weighted by Crippen LogP contribution is 2.29. The summed E-state index contributed by atoms with van der Waals surface area (Å²) in [4.78, 5) is 16.5. The van der Waals surface area contributed by atoms with Gasteiger partial charge < -0.3 is 9.47 Å². The monoisotopic (exact) mass is 376 g/mol. The number of carbonyl (C=O) groups excluding carboxylic acids is 1. The van der Waals surface area contributed by atoms with Crippen LogP contribution in [-0.4, -0.2) is 24.1 Å². The Kier molecular flexibility index (Phi) is 5.40. The number of anilines is 1. The third kappa shape index (κ3) is 4.41. The topological polar surface area (TPSA) is 60.5 Å². The summed E-state index contributed by atoms with van der Waals surface area (Å²) in [6, 6.07) is 10.9. The zero-order valence-corrected chi connectivity index (χ0v) is 15.4. The van der Waals surface area contributed by atoms with Crippen LogP contribution < -0.4 is 14.8 Å². The molecule has 0 bridgehead atoms. The van der Waals surface area contributed by atoms with Crippen LogP contribution in [-0.2, 0) is 4.79 Å². The minimum atomic E-state index is -0.267. The number of rotatable bonds is 6. The number of benzene rings is 2. The maximum atomic E-state index is 12.1. The van der Waals surface area contributed by atoms with E-state index < -0.39 is 0 Å². The van der Waals surface area contributed by atoms with Crippen molar-refractivity contribution in [2.45, 2.75) is 13.8 Å². The summed E-state index contributed by atoms with van der Waals surface area (Å²) in [7, 11) is 0. The number of nitrogens with one attached hydrogen (secondary N) is 1. The van der Waals surface area contributed by atoms with Gasteiger partial charge in [-0.05, 0) is 55.8 Å². The predicted molar refractivity (Wildman–Crippen MR) is 101 cm³/mol. The van der Waals surface area contributed by atoms with Gasteiger partial charge in [0.1, 0.15) is 11.5 Å². The highest BCUT2D eigenvalue weighted by Gasteiger charge is 2.10. The number of ether oxygens (including phenoxy) is 2. The number of hydrogen-bond acceptors (Lipinski definition) is 5. The van der Waals surface area contributed by atoms with E-state index in [1.807, 2.05) is 32.0 Å². The summed E-state index contributed by atoms with van der Waals surface area (Å²) >= 11 is 7.37. The molecule has 0 spiro atoms. The molecule has 0 radical (unpaired) electrons. The van der Waals surface area contributed by atoms with Crippen molar-refractivity contribution in [3.63, 3.8) is 0 Å². The highest BCUT2D eigenvalue weighted by molar-refractivity contribution is 7.22. The minimum absolute atomic E-state index is 0.0960. The Bertz CT molecular complexity index is 910. The van der Waals surface area contributed by atoms with Crippen LogP contribution in [0.3, 0.4) is 0 Å². The second kappa shape index (κ2) is 7.72. The molecule has 3 aromatic rings. The molecule has 0 aliphatic heterocycles. The van der Waals surface area contributed by atoms with E-state index in [-0.39, 0.29) is 12.5 Å². The van der Waals surface area contributed by atoms with Crippen molar-refractivity contribution in [3.05, 3.63) is 47.0 Å². The normalized spacial score (nSPS) is 10.7. The number of fused-ring (bicyclic) bond motifs is 1. The van der Waals surface area contributed by atoms with E-state index in [1.54, 1.807) is 18.2 Å². The quantitative estimate of drug-likeness (QED) is 0.678. The van der Waals surface area contributed by atoms with Crippen molar-refractivity contribution in [1.82, 2.24) is 4.98 Å². The molecule has 0 fully saturated rings. The third-order valence-electron chi connectivity index (χ3n) is 3.42. The average molecular weight is 377 g/mol. The molecule has 1 N–H and O–H groups in total. The summed E-state index contributed by atoms with van der Waals surface area (Å²) in [6.45, 7) is 4.33. The number of aryl methyl sites for hydroxylation is 1. The molecule has 0 unspecified atom stereocenters. The van der Waals surface area contributed by atoms with Gasteiger partial charge in [-0.15, -0.1) is 0 Å². The molecular formula is C18H17ClN2O3S. The molecule has 1 heterocycles. The van der Waals surface area contributed by atoms with Crippen molar-refractivity contribution < 1.29 is 14.3 Å². The van der Waals surface area contributed by atoms with E-state index in [1.165, 1.54) is 11.3 Å². The zero-order chi connectivity index (χ0) is 17.8. The van der Waals surface area contributed by atoms with Gasteiger partial charge in [-0.3, -0.25) is 10.1 Å². The van der Waals surface area contributed by atoms with Crippen molar-refractivity contribution in [2.24, 2.45) is 0 Å². The van der Waals surface area contributed by atoms with E-state index >= 15 is 0 Å². The maximum Gasteiger partial charge on any atom is 0.264 e. The fourth-order valence-corrected chi connectivity index (χ4v) is 3.25. The fourth-order valence-electron chi connectivity index (χ4n) is 2.23. The van der Waals surface area contributed by atoms with Gasteiger partial charge in [0.15, 0.2) is 11.7 Å². The first-order valence-electron chi connectivity index (χ1n) is 7.77. The lowest BCUT2D eigenvalue weighted by atomic mass is 10.2. The van der Waals surface area contributed by atoms with Gasteiger partial charge in [0, 0.05) is 5.02 Å². The molecule has 0 saturated carbocycles. The molecule has 3 rings (SSSR count). The summed E-state index contributed by atoms with van der Waals surface area (Å²) in [6.07, 6.45) is 0. The smallest absolute Gasteiger partial charge is 0.264 e. The number of carbonyl (C=O) groups is 1. The Hall–Kier alpha value is -2.31. The van der Waals surface area contributed by atoms with Crippen LogP contribution in [0.5, 0.6) is 11.5 Å². The van der Waals surface area contributed by atoms with Crippen LogP contribution in [0.2, 0.25) is 5.02 Å². The molecule has 1 aromatic heterocycles. The van der Waals surface area contributed by atoms with E-state index in [0.717, 1.165) is 21.5 Å². The number of hydrogen-bond donors (Lipinski definition) is 1. The fraction of sp³-hybridized carbons (Fsp3) is 0.222. The third-order valence-corrected chi connectivity index (χ3v) is 4.77. The van der Waals surface area contributed by atoms with Gasteiger partial charge in [0.05, 0.1) is 16.8 Å². The first-order chi connectivity index (χ1) is 12.0. The van der Waals surface area contributed by atoms with Crippen molar-refractivity contribution in [3.8, 4) is 11.5 Å². The van der Waals surface area contributed by atoms with E-state index in [0.29, 0.717) is 22.5 Å². The lowest BCUT2D eigenvalue weighted by Gasteiger charge is -2.07. The molecule has 1 amide bonds.